The quantitative estimate of drug-likeness (QED) is 0.740. The van der Waals surface area contributed by atoms with Gasteiger partial charge in [-0.3, -0.25) is 0 Å². The van der Waals surface area contributed by atoms with Gasteiger partial charge in [-0.2, -0.15) is 0 Å². The maximum Gasteiger partial charge on any atom is 0.0931 e. The highest BCUT2D eigenvalue weighted by Crippen LogP contribution is 2.44. The van der Waals surface area contributed by atoms with E-state index in [1.807, 2.05) is 6.07 Å². The number of hydrogen-bond donors (Lipinski definition) is 1. The van der Waals surface area contributed by atoms with Crippen LogP contribution in [0.2, 0.25) is 4.34 Å². The van der Waals surface area contributed by atoms with Crippen molar-refractivity contribution in [3.8, 4) is 0 Å². The second kappa shape index (κ2) is 6.60. The molecule has 0 aliphatic heterocycles. The second-order valence-corrected chi connectivity index (χ2v) is 8.32. The Hall–Kier alpha value is -0.0500. The Labute approximate surface area is 126 Å². The van der Waals surface area contributed by atoms with Gasteiger partial charge in [0.25, 0.3) is 0 Å². The monoisotopic (exact) mass is 299 g/mol. The molecule has 0 bridgehead atoms. The molecule has 1 saturated carbocycles. The first kappa shape index (κ1) is 15.3. The molecule has 1 aromatic rings. The van der Waals surface area contributed by atoms with Crippen molar-refractivity contribution < 1.29 is 0 Å². The fourth-order valence-corrected chi connectivity index (χ4v) is 4.28. The van der Waals surface area contributed by atoms with Gasteiger partial charge in [0.1, 0.15) is 0 Å². The average molecular weight is 300 g/mol. The van der Waals surface area contributed by atoms with Crippen molar-refractivity contribution >= 4 is 22.9 Å². The summed E-state index contributed by atoms with van der Waals surface area (Å²) in [5.41, 5.74) is 0.541. The Morgan fingerprint density at radius 1 is 1.37 bits per heavy atom. The van der Waals surface area contributed by atoms with Crippen LogP contribution in [0.1, 0.15) is 63.8 Å². The van der Waals surface area contributed by atoms with E-state index in [0.717, 1.165) is 16.8 Å². The fourth-order valence-electron chi connectivity index (χ4n) is 3.05. The van der Waals surface area contributed by atoms with Crippen molar-refractivity contribution in [3.63, 3.8) is 0 Å². The zero-order valence-electron chi connectivity index (χ0n) is 12.3. The van der Waals surface area contributed by atoms with Crippen LogP contribution in [0.3, 0.4) is 0 Å². The van der Waals surface area contributed by atoms with Crippen molar-refractivity contribution in [2.24, 2.45) is 11.3 Å². The van der Waals surface area contributed by atoms with Crippen LogP contribution in [0, 0.1) is 11.3 Å². The summed E-state index contributed by atoms with van der Waals surface area (Å²) >= 11 is 7.86. The van der Waals surface area contributed by atoms with E-state index in [4.69, 9.17) is 11.6 Å². The lowest BCUT2D eigenvalue weighted by atomic mass is 9.71. The van der Waals surface area contributed by atoms with Gasteiger partial charge in [0.05, 0.1) is 4.34 Å². The second-order valence-electron chi connectivity index (χ2n) is 6.58. The van der Waals surface area contributed by atoms with Crippen LogP contribution in [0.4, 0.5) is 0 Å². The lowest BCUT2D eigenvalue weighted by Crippen LogP contribution is -2.32. The summed E-state index contributed by atoms with van der Waals surface area (Å²) in [6, 6.07) is 4.75. The van der Waals surface area contributed by atoms with E-state index in [-0.39, 0.29) is 0 Å². The minimum Gasteiger partial charge on any atom is -0.309 e. The van der Waals surface area contributed by atoms with Gasteiger partial charge < -0.3 is 5.32 Å². The van der Waals surface area contributed by atoms with Crippen LogP contribution >= 0.6 is 22.9 Å². The van der Waals surface area contributed by atoms with E-state index < -0.39 is 0 Å². The molecule has 1 heterocycles. The molecular formula is C16H26ClNS. The van der Waals surface area contributed by atoms with Gasteiger partial charge >= 0.3 is 0 Å². The molecule has 1 fully saturated rings. The van der Waals surface area contributed by atoms with Crippen molar-refractivity contribution in [2.75, 3.05) is 6.54 Å². The van der Waals surface area contributed by atoms with Crippen LogP contribution in [0.25, 0.3) is 0 Å². The molecular weight excluding hydrogens is 274 g/mol. The van der Waals surface area contributed by atoms with Gasteiger partial charge in [0, 0.05) is 10.9 Å². The number of thiophene rings is 1. The molecule has 108 valence electrons. The van der Waals surface area contributed by atoms with Gasteiger partial charge in [0.2, 0.25) is 0 Å². The summed E-state index contributed by atoms with van der Waals surface area (Å²) in [5.74, 6) is 0.772. The van der Waals surface area contributed by atoms with Crippen molar-refractivity contribution in [1.82, 2.24) is 5.32 Å². The summed E-state index contributed by atoms with van der Waals surface area (Å²) in [6.45, 7) is 8.13. The molecule has 0 aromatic carbocycles. The van der Waals surface area contributed by atoms with Gasteiger partial charge in [-0.25, -0.2) is 0 Å². The SMILES string of the molecule is CCCNC(c1ccc(Cl)s1)C1CCC(C)(C)CC1. The van der Waals surface area contributed by atoms with E-state index in [0.29, 0.717) is 11.5 Å². The number of nitrogens with one attached hydrogen (secondary N) is 1. The molecule has 1 unspecified atom stereocenters. The van der Waals surface area contributed by atoms with Crippen molar-refractivity contribution in [1.29, 1.82) is 0 Å². The smallest absolute Gasteiger partial charge is 0.0931 e. The van der Waals surface area contributed by atoms with E-state index >= 15 is 0 Å². The molecule has 0 saturated heterocycles. The first-order chi connectivity index (χ1) is 9.02. The van der Waals surface area contributed by atoms with Gasteiger partial charge in [-0.05, 0) is 62.1 Å². The number of rotatable bonds is 5. The van der Waals surface area contributed by atoms with Crippen LogP contribution in [0.5, 0.6) is 0 Å². The Kier molecular flexibility index (Phi) is 5.33. The minimum atomic E-state index is 0.508. The van der Waals surface area contributed by atoms with E-state index in [2.05, 4.69) is 32.2 Å². The molecule has 19 heavy (non-hydrogen) atoms. The topological polar surface area (TPSA) is 12.0 Å². The Morgan fingerprint density at radius 3 is 2.58 bits per heavy atom. The Balaban J connectivity index is 2.05. The van der Waals surface area contributed by atoms with Gasteiger partial charge in [0.15, 0.2) is 0 Å². The molecule has 1 N–H and O–H groups in total. The molecule has 1 aliphatic carbocycles. The molecule has 3 heteroatoms. The highest BCUT2D eigenvalue weighted by atomic mass is 35.5. The molecule has 0 amide bonds. The van der Waals surface area contributed by atoms with Crippen molar-refractivity contribution in [2.45, 2.75) is 58.9 Å². The predicted octanol–water partition coefficient (Wildman–Crippen LogP) is 5.66. The zero-order valence-corrected chi connectivity index (χ0v) is 13.9. The molecule has 2 rings (SSSR count). The van der Waals surface area contributed by atoms with Gasteiger partial charge in [-0.1, -0.05) is 32.4 Å². The summed E-state index contributed by atoms with van der Waals surface area (Å²) < 4.78 is 0.912. The lowest BCUT2D eigenvalue weighted by Gasteiger charge is -2.38. The predicted molar refractivity (Wildman–Crippen MR) is 86.1 cm³/mol. The van der Waals surface area contributed by atoms with E-state index in [1.54, 1.807) is 11.3 Å². The Morgan fingerprint density at radius 2 is 2.05 bits per heavy atom. The molecule has 0 spiro atoms. The normalized spacial score (nSPS) is 21.5. The number of halogens is 1. The zero-order chi connectivity index (χ0) is 13.9. The van der Waals surface area contributed by atoms with E-state index in [1.165, 1.54) is 37.0 Å². The Bertz CT molecular complexity index is 389. The maximum atomic E-state index is 6.11. The third kappa shape index (κ3) is 4.21. The molecule has 1 atom stereocenters. The summed E-state index contributed by atoms with van der Waals surface area (Å²) in [7, 11) is 0. The molecule has 1 aliphatic rings. The summed E-state index contributed by atoms with van der Waals surface area (Å²) in [5, 5.41) is 3.75. The molecule has 1 aromatic heterocycles. The first-order valence-corrected chi connectivity index (χ1v) is 8.70. The van der Waals surface area contributed by atoms with Crippen LogP contribution in [-0.2, 0) is 0 Å². The maximum absolute atomic E-state index is 6.11. The minimum absolute atomic E-state index is 0.508. The summed E-state index contributed by atoms with van der Waals surface area (Å²) in [4.78, 5) is 1.42. The number of hydrogen-bond acceptors (Lipinski definition) is 2. The van der Waals surface area contributed by atoms with Crippen molar-refractivity contribution in [3.05, 3.63) is 21.3 Å². The highest BCUT2D eigenvalue weighted by molar-refractivity contribution is 7.16. The average Bonchev–Trinajstić information content (AvgIpc) is 2.78. The lowest BCUT2D eigenvalue weighted by molar-refractivity contribution is 0.162. The highest BCUT2D eigenvalue weighted by Gasteiger charge is 2.32. The van der Waals surface area contributed by atoms with Crippen LogP contribution < -0.4 is 5.32 Å². The molecule has 1 nitrogen and oxygen atoms in total. The fraction of sp³-hybridized carbons (Fsp3) is 0.750. The largest absolute Gasteiger partial charge is 0.309 e. The third-order valence-corrected chi connectivity index (χ3v) is 5.68. The standard InChI is InChI=1S/C16H26ClNS/c1-4-11-18-15(13-5-6-14(17)19-13)12-7-9-16(2,3)10-8-12/h5-6,12,15,18H,4,7-11H2,1-3H3. The van der Waals surface area contributed by atoms with Crippen LogP contribution in [0.15, 0.2) is 12.1 Å². The first-order valence-electron chi connectivity index (χ1n) is 7.50. The molecule has 0 radical (unpaired) electrons. The third-order valence-electron chi connectivity index (χ3n) is 4.37. The summed E-state index contributed by atoms with van der Waals surface area (Å²) in [6.07, 6.45) is 6.56. The van der Waals surface area contributed by atoms with Gasteiger partial charge in [-0.15, -0.1) is 11.3 Å². The van der Waals surface area contributed by atoms with E-state index in [9.17, 15) is 0 Å². The van der Waals surface area contributed by atoms with Crippen LogP contribution in [-0.4, -0.2) is 6.54 Å².